The summed E-state index contributed by atoms with van der Waals surface area (Å²) in [5, 5.41) is 29.8. The summed E-state index contributed by atoms with van der Waals surface area (Å²) in [6.07, 6.45) is 4.84. The molecule has 2 unspecified atom stereocenters. The van der Waals surface area contributed by atoms with E-state index in [1.165, 1.54) is 6.20 Å². The lowest BCUT2D eigenvalue weighted by atomic mass is 9.99. The number of aliphatic hydroxyl groups is 1. The van der Waals surface area contributed by atoms with Crippen LogP contribution < -0.4 is 10.6 Å². The molecule has 0 spiro atoms. The van der Waals surface area contributed by atoms with Crippen molar-refractivity contribution < 1.29 is 10.3 Å². The predicted molar refractivity (Wildman–Crippen MR) is 69.1 cm³/mol. The summed E-state index contributed by atoms with van der Waals surface area (Å²) in [7, 11) is 0. The Kier molecular flexibility index (Phi) is 2.98. The lowest BCUT2D eigenvalue weighted by Gasteiger charge is -2.38. The highest BCUT2D eigenvalue weighted by molar-refractivity contribution is 6.01. The summed E-state index contributed by atoms with van der Waals surface area (Å²) in [4.78, 5) is 2.17. The average Bonchev–Trinajstić information content (AvgIpc) is 2.70. The number of aliphatic hydroxyl groups excluding tert-OH is 1. The van der Waals surface area contributed by atoms with E-state index in [1.54, 1.807) is 6.07 Å². The quantitative estimate of drug-likeness (QED) is 0.301. The van der Waals surface area contributed by atoms with E-state index >= 15 is 0 Å². The first-order valence-electron chi connectivity index (χ1n) is 6.46. The number of hydrogen-bond donors (Lipinski definition) is 3. The average molecular weight is 263 g/mol. The summed E-state index contributed by atoms with van der Waals surface area (Å²) in [5.74, 6) is 0.688. The van der Waals surface area contributed by atoms with Crippen LogP contribution in [0.3, 0.4) is 0 Å². The van der Waals surface area contributed by atoms with E-state index in [2.05, 4.69) is 20.3 Å². The van der Waals surface area contributed by atoms with Crippen LogP contribution in [0.25, 0.3) is 0 Å². The molecule has 0 aromatic carbocycles. The van der Waals surface area contributed by atoms with Crippen LogP contribution in [0, 0.1) is 0 Å². The largest absolute Gasteiger partial charge is 0.409 e. The van der Waals surface area contributed by atoms with Crippen LogP contribution >= 0.6 is 0 Å². The number of aromatic nitrogens is 2. The van der Waals surface area contributed by atoms with Crippen molar-refractivity contribution in [2.75, 3.05) is 4.90 Å². The predicted octanol–water partition coefficient (Wildman–Crippen LogP) is 0.0632. The molecule has 19 heavy (non-hydrogen) atoms. The number of anilines is 1. The SMILES string of the molecule is N/C(=N/O)c1ccnnc1N1C2CCC1CC(O)C2. The van der Waals surface area contributed by atoms with E-state index < -0.39 is 0 Å². The van der Waals surface area contributed by atoms with Crippen LogP contribution in [0.15, 0.2) is 17.4 Å². The Morgan fingerprint density at radius 1 is 1.37 bits per heavy atom. The fourth-order valence-electron chi connectivity index (χ4n) is 3.26. The van der Waals surface area contributed by atoms with Gasteiger partial charge in [0.2, 0.25) is 0 Å². The van der Waals surface area contributed by atoms with Crippen molar-refractivity contribution in [3.63, 3.8) is 0 Å². The number of oxime groups is 1. The first-order valence-corrected chi connectivity index (χ1v) is 6.46. The zero-order valence-corrected chi connectivity index (χ0v) is 10.5. The molecule has 2 atom stereocenters. The maximum absolute atomic E-state index is 9.83. The molecule has 3 heterocycles. The molecule has 3 rings (SSSR count). The normalized spacial score (nSPS) is 30.7. The number of amidine groups is 1. The third-order valence-electron chi connectivity index (χ3n) is 4.04. The van der Waals surface area contributed by atoms with Crippen LogP contribution in [0.1, 0.15) is 31.2 Å². The van der Waals surface area contributed by atoms with Gasteiger partial charge < -0.3 is 20.9 Å². The minimum Gasteiger partial charge on any atom is -0.409 e. The zero-order valence-electron chi connectivity index (χ0n) is 10.5. The molecule has 7 nitrogen and oxygen atoms in total. The summed E-state index contributed by atoms with van der Waals surface area (Å²) in [6.45, 7) is 0. The molecule has 2 bridgehead atoms. The van der Waals surface area contributed by atoms with Crippen LogP contribution in [0.2, 0.25) is 0 Å². The fourth-order valence-corrected chi connectivity index (χ4v) is 3.26. The van der Waals surface area contributed by atoms with Gasteiger partial charge in [0.15, 0.2) is 11.7 Å². The number of nitrogens with two attached hydrogens (primary N) is 1. The molecular formula is C12H17N5O2. The minimum absolute atomic E-state index is 0.0374. The maximum atomic E-state index is 9.83. The number of hydrogen-bond acceptors (Lipinski definition) is 6. The number of piperidine rings is 1. The number of rotatable bonds is 2. The third-order valence-corrected chi connectivity index (χ3v) is 4.04. The third kappa shape index (κ3) is 1.99. The van der Waals surface area contributed by atoms with E-state index in [9.17, 15) is 5.11 Å². The first-order chi connectivity index (χ1) is 9.20. The van der Waals surface area contributed by atoms with Gasteiger partial charge in [0.25, 0.3) is 0 Å². The lowest BCUT2D eigenvalue weighted by Crippen LogP contribution is -2.46. The van der Waals surface area contributed by atoms with Gasteiger partial charge in [0.1, 0.15) is 0 Å². The van der Waals surface area contributed by atoms with Gasteiger partial charge in [-0.05, 0) is 31.7 Å². The van der Waals surface area contributed by atoms with Crippen molar-refractivity contribution in [2.24, 2.45) is 10.9 Å². The molecule has 102 valence electrons. The van der Waals surface area contributed by atoms with Crippen molar-refractivity contribution >= 4 is 11.7 Å². The smallest absolute Gasteiger partial charge is 0.173 e. The second-order valence-electron chi connectivity index (χ2n) is 5.17. The highest BCUT2D eigenvalue weighted by atomic mass is 16.4. The topological polar surface area (TPSA) is 108 Å². The van der Waals surface area contributed by atoms with E-state index in [0.29, 0.717) is 11.4 Å². The number of nitrogens with zero attached hydrogens (tertiary/aromatic N) is 4. The molecule has 1 aromatic rings. The van der Waals surface area contributed by atoms with Crippen molar-refractivity contribution in [1.82, 2.24) is 10.2 Å². The molecule has 2 saturated heterocycles. The monoisotopic (exact) mass is 263 g/mol. The standard InChI is InChI=1S/C12H17N5O2/c13-11(16-19)10-3-4-14-15-12(10)17-7-1-2-8(17)6-9(18)5-7/h3-4,7-9,18-19H,1-2,5-6H2,(H2,13,16). The molecular weight excluding hydrogens is 246 g/mol. The zero-order chi connectivity index (χ0) is 13.4. The van der Waals surface area contributed by atoms with Crippen LogP contribution in [-0.4, -0.2) is 44.5 Å². The molecule has 0 radical (unpaired) electrons. The second-order valence-corrected chi connectivity index (χ2v) is 5.17. The fraction of sp³-hybridized carbons (Fsp3) is 0.583. The Morgan fingerprint density at radius 2 is 2.05 bits per heavy atom. The molecule has 2 aliphatic heterocycles. The molecule has 0 saturated carbocycles. The van der Waals surface area contributed by atoms with E-state index in [-0.39, 0.29) is 24.0 Å². The molecule has 1 aromatic heterocycles. The van der Waals surface area contributed by atoms with Crippen LogP contribution in [0.5, 0.6) is 0 Å². The highest BCUT2D eigenvalue weighted by Gasteiger charge is 2.42. The Balaban J connectivity index is 1.99. The Bertz CT molecular complexity index is 493. The van der Waals surface area contributed by atoms with Crippen LogP contribution in [-0.2, 0) is 0 Å². The molecule has 4 N–H and O–H groups in total. The van der Waals surface area contributed by atoms with Gasteiger partial charge in [-0.1, -0.05) is 5.16 Å². The van der Waals surface area contributed by atoms with Gasteiger partial charge in [-0.3, -0.25) is 0 Å². The molecule has 2 aliphatic rings. The Hall–Kier alpha value is -1.89. The Morgan fingerprint density at radius 3 is 2.68 bits per heavy atom. The summed E-state index contributed by atoms with van der Waals surface area (Å²) >= 11 is 0. The molecule has 7 heteroatoms. The van der Waals surface area contributed by atoms with Gasteiger partial charge in [0, 0.05) is 12.1 Å². The highest BCUT2D eigenvalue weighted by Crippen LogP contribution is 2.39. The minimum atomic E-state index is -0.238. The van der Waals surface area contributed by atoms with Gasteiger partial charge in [0.05, 0.1) is 17.9 Å². The van der Waals surface area contributed by atoms with Gasteiger partial charge >= 0.3 is 0 Å². The van der Waals surface area contributed by atoms with Crippen molar-refractivity contribution in [1.29, 1.82) is 0 Å². The lowest BCUT2D eigenvalue weighted by molar-refractivity contribution is 0.126. The summed E-state index contributed by atoms with van der Waals surface area (Å²) in [5.41, 5.74) is 6.29. The summed E-state index contributed by atoms with van der Waals surface area (Å²) < 4.78 is 0. The van der Waals surface area contributed by atoms with Crippen LogP contribution in [0.4, 0.5) is 5.82 Å². The first kappa shape index (κ1) is 12.2. The maximum Gasteiger partial charge on any atom is 0.173 e. The molecule has 0 amide bonds. The number of fused-ring (bicyclic) bond motifs is 2. The van der Waals surface area contributed by atoms with Gasteiger partial charge in [-0.25, -0.2) is 0 Å². The van der Waals surface area contributed by atoms with Gasteiger partial charge in [-0.15, -0.1) is 5.10 Å². The Labute approximate surface area is 110 Å². The van der Waals surface area contributed by atoms with Crippen molar-refractivity contribution in [3.8, 4) is 0 Å². The van der Waals surface area contributed by atoms with Crippen molar-refractivity contribution in [2.45, 2.75) is 43.9 Å². The molecule has 2 fully saturated rings. The summed E-state index contributed by atoms with van der Waals surface area (Å²) in [6, 6.07) is 2.22. The van der Waals surface area contributed by atoms with Crippen molar-refractivity contribution in [3.05, 3.63) is 17.8 Å². The van der Waals surface area contributed by atoms with E-state index in [0.717, 1.165) is 25.7 Å². The second kappa shape index (κ2) is 4.65. The van der Waals surface area contributed by atoms with E-state index in [4.69, 9.17) is 10.9 Å². The molecule has 0 aliphatic carbocycles. The van der Waals surface area contributed by atoms with E-state index in [1.807, 2.05) is 0 Å². The van der Waals surface area contributed by atoms with Gasteiger partial charge in [-0.2, -0.15) is 5.10 Å².